The lowest BCUT2D eigenvalue weighted by molar-refractivity contribution is -0.146. The second-order valence-corrected chi connectivity index (χ2v) is 7.39. The van der Waals surface area contributed by atoms with E-state index in [2.05, 4.69) is 34.8 Å². The van der Waals surface area contributed by atoms with Crippen molar-refractivity contribution >= 4 is 5.97 Å². The Bertz CT molecular complexity index is 594. The number of esters is 1. The summed E-state index contributed by atoms with van der Waals surface area (Å²) in [5, 5.41) is 3.43. The fourth-order valence-electron chi connectivity index (χ4n) is 3.67. The van der Waals surface area contributed by atoms with E-state index in [0.717, 1.165) is 42.8 Å². The number of ether oxygens (including phenoxy) is 2. The maximum atomic E-state index is 10.9. The molecule has 1 unspecified atom stereocenters. The molecular weight excluding hydrogens is 416 g/mol. The highest BCUT2D eigenvalue weighted by Gasteiger charge is 2.21. The van der Waals surface area contributed by atoms with Crippen LogP contribution in [-0.4, -0.2) is 39.8 Å². The molecule has 1 saturated carbocycles. The normalized spacial score (nSPS) is 18.1. The summed E-state index contributed by atoms with van der Waals surface area (Å²) in [4.78, 5) is 10.9. The highest BCUT2D eigenvalue weighted by molar-refractivity contribution is 5.72. The average molecular weight is 469 g/mol. The Hall–Kier alpha value is -1.99. The molecule has 0 radical (unpaired) electrons. The van der Waals surface area contributed by atoms with Gasteiger partial charge >= 0.3 is 5.97 Å². The van der Waals surface area contributed by atoms with Gasteiger partial charge in [-0.15, -0.1) is 0 Å². The first-order valence-corrected chi connectivity index (χ1v) is 12.7. The molecule has 0 aromatic heterocycles. The van der Waals surface area contributed by atoms with Crippen LogP contribution in [-0.2, 0) is 14.3 Å². The minimum atomic E-state index is -0.0142. The van der Waals surface area contributed by atoms with E-state index in [-0.39, 0.29) is 17.9 Å². The second kappa shape index (κ2) is 21.8. The quantitative estimate of drug-likeness (QED) is 0.296. The Morgan fingerprint density at radius 1 is 1.12 bits per heavy atom. The number of dihydropyridines is 1. The third-order valence-electron chi connectivity index (χ3n) is 5.26. The molecule has 0 aromatic carbocycles. The molecule has 194 valence electrons. The Morgan fingerprint density at radius 2 is 1.73 bits per heavy atom. The van der Waals surface area contributed by atoms with E-state index >= 15 is 0 Å². The van der Waals surface area contributed by atoms with Gasteiger partial charge < -0.3 is 25.9 Å². The number of nitrogens with one attached hydrogen (secondary N) is 3. The molecule has 0 spiro atoms. The lowest BCUT2D eigenvalue weighted by Crippen LogP contribution is -2.38. The summed E-state index contributed by atoms with van der Waals surface area (Å²) in [6.45, 7) is 12.8. The Balaban J connectivity index is 0. The number of methoxy groups -OCH3 is 2. The Morgan fingerprint density at radius 3 is 2.15 bits per heavy atom. The third kappa shape index (κ3) is 12.7. The maximum Gasteiger partial charge on any atom is 0.308 e. The number of hydrogen-bond donors (Lipinski definition) is 4. The van der Waals surface area contributed by atoms with Gasteiger partial charge in [0.2, 0.25) is 0 Å². The molecule has 5 N–H and O–H groups in total. The lowest BCUT2D eigenvalue weighted by Gasteiger charge is -2.26. The molecule has 2 aliphatic rings. The molecule has 1 fully saturated rings. The maximum absolute atomic E-state index is 10.9. The number of nitrogens with two attached hydrogens (primary N) is 1. The highest BCUT2D eigenvalue weighted by Crippen LogP contribution is 2.24. The van der Waals surface area contributed by atoms with Crippen LogP contribution in [0.4, 0.5) is 0 Å². The van der Waals surface area contributed by atoms with Crippen molar-refractivity contribution in [1.29, 1.82) is 0 Å². The predicted molar refractivity (Wildman–Crippen MR) is 140 cm³/mol. The van der Waals surface area contributed by atoms with E-state index in [1.807, 2.05) is 46.9 Å². The minimum absolute atomic E-state index is 0.0142. The molecule has 0 amide bonds. The zero-order valence-electron chi connectivity index (χ0n) is 22.8. The van der Waals surface area contributed by atoms with Crippen molar-refractivity contribution < 1.29 is 14.3 Å². The van der Waals surface area contributed by atoms with Crippen molar-refractivity contribution in [2.45, 2.75) is 92.5 Å². The van der Waals surface area contributed by atoms with E-state index in [4.69, 9.17) is 10.5 Å². The predicted octanol–water partition coefficient (Wildman–Crippen LogP) is 4.92. The van der Waals surface area contributed by atoms with Gasteiger partial charge in [0.05, 0.1) is 37.6 Å². The van der Waals surface area contributed by atoms with Crippen LogP contribution >= 0.6 is 0 Å². The van der Waals surface area contributed by atoms with Crippen molar-refractivity contribution in [1.82, 2.24) is 16.2 Å². The van der Waals surface area contributed by atoms with Gasteiger partial charge in [0, 0.05) is 13.6 Å². The van der Waals surface area contributed by atoms with Crippen molar-refractivity contribution in [3.8, 4) is 0 Å². The molecule has 1 atom stereocenters. The first-order chi connectivity index (χ1) is 16.0. The molecule has 7 heteroatoms. The lowest BCUT2D eigenvalue weighted by atomic mass is 9.89. The van der Waals surface area contributed by atoms with Crippen LogP contribution in [0.3, 0.4) is 0 Å². The van der Waals surface area contributed by atoms with Gasteiger partial charge in [0.25, 0.3) is 0 Å². The Kier molecular flexibility index (Phi) is 22.0. The largest absolute Gasteiger partial charge is 0.499 e. The molecule has 0 saturated heterocycles. The number of hydrogen-bond acceptors (Lipinski definition) is 7. The summed E-state index contributed by atoms with van der Waals surface area (Å²) in [6, 6.07) is 0.152. The number of allylic oxidation sites excluding steroid dienone is 2. The van der Waals surface area contributed by atoms with Crippen LogP contribution in [0.2, 0.25) is 0 Å². The van der Waals surface area contributed by atoms with Gasteiger partial charge in [-0.05, 0) is 43.9 Å². The molecular formula is C26H52N4O3. The van der Waals surface area contributed by atoms with Crippen LogP contribution in [0.1, 0.15) is 86.5 Å². The van der Waals surface area contributed by atoms with Gasteiger partial charge in [-0.1, -0.05) is 60.3 Å². The van der Waals surface area contributed by atoms with Crippen molar-refractivity contribution in [2.75, 3.05) is 27.8 Å². The summed E-state index contributed by atoms with van der Waals surface area (Å²) >= 11 is 0. The SMILES string of the molecule is CC.CC.CCC/C(CN)=C(\NNC)C1=CC=C(OC)C(C)N1.COC(=O)C1CCCCC1. The summed E-state index contributed by atoms with van der Waals surface area (Å²) in [5.41, 5.74) is 15.3. The first kappa shape index (κ1) is 33.2. The number of carbonyl (C=O) groups excluding carboxylic acids is 1. The van der Waals surface area contributed by atoms with Crippen LogP contribution in [0.25, 0.3) is 0 Å². The number of carbonyl (C=O) groups is 1. The van der Waals surface area contributed by atoms with E-state index in [1.54, 1.807) is 7.11 Å². The smallest absolute Gasteiger partial charge is 0.308 e. The zero-order valence-corrected chi connectivity index (χ0v) is 22.8. The number of hydrazine groups is 1. The molecule has 33 heavy (non-hydrogen) atoms. The fourth-order valence-corrected chi connectivity index (χ4v) is 3.67. The van der Waals surface area contributed by atoms with E-state index in [1.165, 1.54) is 31.9 Å². The molecule has 2 rings (SSSR count). The summed E-state index contributed by atoms with van der Waals surface area (Å²) in [6.07, 6.45) is 11.8. The van der Waals surface area contributed by atoms with Gasteiger partial charge in [-0.2, -0.15) is 0 Å². The summed E-state index contributed by atoms with van der Waals surface area (Å²) in [7, 11) is 5.01. The van der Waals surface area contributed by atoms with E-state index in [0.29, 0.717) is 6.54 Å². The average Bonchev–Trinajstić information content (AvgIpc) is 2.89. The molecule has 7 nitrogen and oxygen atoms in total. The van der Waals surface area contributed by atoms with Crippen LogP contribution < -0.4 is 21.9 Å². The standard InChI is InChI=1S/C14H26N4O.C8H14O2.2C2H6/c1-5-6-11(9-15)14(18-16-3)12-7-8-13(19-4)10(2)17-12;1-10-8(9)7-5-3-2-4-6-7;2*1-2/h7-8,10,16-18H,5-6,9,15H2,1-4H3;7H,2-6H2,1H3;2*1-2H3/b14-11+;;;. The van der Waals surface area contributed by atoms with Crippen LogP contribution in [0, 0.1) is 5.92 Å². The van der Waals surface area contributed by atoms with Crippen LogP contribution in [0.15, 0.2) is 34.9 Å². The zero-order chi connectivity index (χ0) is 25.6. The second-order valence-electron chi connectivity index (χ2n) is 7.39. The number of rotatable bonds is 8. The molecule has 1 aliphatic carbocycles. The third-order valence-corrected chi connectivity index (χ3v) is 5.26. The van der Waals surface area contributed by atoms with Gasteiger partial charge in [-0.25, -0.2) is 5.43 Å². The Labute approximate surface area is 203 Å². The molecule has 1 heterocycles. The molecule has 1 aliphatic heterocycles. The van der Waals surface area contributed by atoms with Crippen molar-refractivity contribution in [2.24, 2.45) is 11.7 Å². The first-order valence-electron chi connectivity index (χ1n) is 12.7. The highest BCUT2D eigenvalue weighted by atomic mass is 16.5. The van der Waals surface area contributed by atoms with Crippen LogP contribution in [0.5, 0.6) is 0 Å². The van der Waals surface area contributed by atoms with Gasteiger partial charge in [-0.3, -0.25) is 4.79 Å². The topological polar surface area (TPSA) is 97.6 Å². The molecule has 0 bridgehead atoms. The summed E-state index contributed by atoms with van der Waals surface area (Å²) in [5.74, 6) is 1.12. The van der Waals surface area contributed by atoms with Crippen molar-refractivity contribution in [3.63, 3.8) is 0 Å². The van der Waals surface area contributed by atoms with Gasteiger partial charge in [0.15, 0.2) is 0 Å². The molecule has 0 aromatic rings. The van der Waals surface area contributed by atoms with E-state index in [9.17, 15) is 4.79 Å². The minimum Gasteiger partial charge on any atom is -0.499 e. The fraction of sp³-hybridized carbons (Fsp3) is 0.731. The van der Waals surface area contributed by atoms with Gasteiger partial charge in [0.1, 0.15) is 5.76 Å². The van der Waals surface area contributed by atoms with E-state index < -0.39 is 0 Å². The monoisotopic (exact) mass is 468 g/mol. The van der Waals surface area contributed by atoms with Crippen molar-refractivity contribution in [3.05, 3.63) is 34.9 Å². The summed E-state index contributed by atoms with van der Waals surface area (Å²) < 4.78 is 9.95.